The number of carboxylic acids is 1. The van der Waals surface area contributed by atoms with Crippen LogP contribution in [0.1, 0.15) is 11.4 Å². The molecule has 0 radical (unpaired) electrons. The number of aryl methyl sites for hydroxylation is 1. The molecule has 2 rings (SSSR count). The second-order valence-electron chi connectivity index (χ2n) is 4.96. The van der Waals surface area contributed by atoms with Gasteiger partial charge in [-0.2, -0.15) is 0 Å². The lowest BCUT2D eigenvalue weighted by molar-refractivity contribution is -0.138. The van der Waals surface area contributed by atoms with E-state index in [0.29, 0.717) is 13.1 Å². The lowest BCUT2D eigenvalue weighted by atomic mass is 10.2. The minimum atomic E-state index is -0.867. The van der Waals surface area contributed by atoms with Crippen LogP contribution in [0.5, 0.6) is 0 Å². The minimum absolute atomic E-state index is 0.0228. The van der Waals surface area contributed by atoms with Gasteiger partial charge in [-0.05, 0) is 31.7 Å². The van der Waals surface area contributed by atoms with Crippen LogP contribution in [0.2, 0.25) is 0 Å². The highest BCUT2D eigenvalue weighted by atomic mass is 16.4. The SMILES string of the molecule is Cc1ccc2c(c1)nc(CN(C)CC(=O)O)n2CCO. The Hall–Kier alpha value is -1.92. The maximum atomic E-state index is 10.7. The molecule has 0 saturated heterocycles. The first-order valence-electron chi connectivity index (χ1n) is 6.48. The fourth-order valence-corrected chi connectivity index (χ4v) is 2.29. The van der Waals surface area contributed by atoms with Crippen LogP contribution in [0.3, 0.4) is 0 Å². The molecule has 0 fully saturated rings. The number of aliphatic hydroxyl groups is 1. The van der Waals surface area contributed by atoms with E-state index in [1.54, 1.807) is 11.9 Å². The largest absolute Gasteiger partial charge is 0.480 e. The van der Waals surface area contributed by atoms with Crippen LogP contribution in [0.4, 0.5) is 0 Å². The molecule has 6 nitrogen and oxygen atoms in total. The van der Waals surface area contributed by atoms with Gasteiger partial charge in [0.2, 0.25) is 0 Å². The molecule has 2 aromatic rings. The van der Waals surface area contributed by atoms with E-state index in [0.717, 1.165) is 22.4 Å². The summed E-state index contributed by atoms with van der Waals surface area (Å²) >= 11 is 0. The first-order valence-corrected chi connectivity index (χ1v) is 6.48. The molecule has 0 aliphatic rings. The van der Waals surface area contributed by atoms with E-state index in [9.17, 15) is 9.90 Å². The smallest absolute Gasteiger partial charge is 0.317 e. The monoisotopic (exact) mass is 277 g/mol. The van der Waals surface area contributed by atoms with Crippen LogP contribution in [-0.4, -0.2) is 50.8 Å². The molecule has 2 N–H and O–H groups in total. The number of carbonyl (C=O) groups is 1. The molecule has 0 unspecified atom stereocenters. The maximum absolute atomic E-state index is 10.7. The lowest BCUT2D eigenvalue weighted by Gasteiger charge is -2.14. The number of hydrogen-bond acceptors (Lipinski definition) is 4. The number of nitrogens with zero attached hydrogens (tertiary/aromatic N) is 3. The maximum Gasteiger partial charge on any atom is 0.317 e. The molecule has 0 saturated carbocycles. The summed E-state index contributed by atoms with van der Waals surface area (Å²) in [6, 6.07) is 5.97. The van der Waals surface area contributed by atoms with Crippen molar-refractivity contribution in [1.82, 2.24) is 14.5 Å². The van der Waals surface area contributed by atoms with Gasteiger partial charge in [-0.15, -0.1) is 0 Å². The molecule has 108 valence electrons. The molecule has 1 aromatic heterocycles. The van der Waals surface area contributed by atoms with E-state index < -0.39 is 5.97 Å². The van der Waals surface area contributed by atoms with Crippen molar-refractivity contribution in [3.63, 3.8) is 0 Å². The molecular formula is C14H19N3O3. The van der Waals surface area contributed by atoms with Gasteiger partial charge in [0, 0.05) is 6.54 Å². The predicted molar refractivity (Wildman–Crippen MR) is 75.5 cm³/mol. The summed E-state index contributed by atoms with van der Waals surface area (Å²) in [6.45, 7) is 2.87. The summed E-state index contributed by atoms with van der Waals surface area (Å²) in [5.74, 6) is -0.100. The Kier molecular flexibility index (Phi) is 4.36. The molecule has 0 amide bonds. The summed E-state index contributed by atoms with van der Waals surface area (Å²) in [6.07, 6.45) is 0. The van der Waals surface area contributed by atoms with Gasteiger partial charge >= 0.3 is 5.97 Å². The summed E-state index contributed by atoms with van der Waals surface area (Å²) in [4.78, 5) is 17.0. The Morgan fingerprint density at radius 1 is 1.45 bits per heavy atom. The van der Waals surface area contributed by atoms with Gasteiger partial charge in [0.05, 0.1) is 30.7 Å². The molecule has 1 heterocycles. The summed E-state index contributed by atoms with van der Waals surface area (Å²) in [5.41, 5.74) is 2.96. The van der Waals surface area contributed by atoms with Crippen molar-refractivity contribution in [2.75, 3.05) is 20.2 Å². The molecule has 1 aromatic carbocycles. The summed E-state index contributed by atoms with van der Waals surface area (Å²) < 4.78 is 1.94. The highest BCUT2D eigenvalue weighted by Crippen LogP contribution is 2.18. The van der Waals surface area contributed by atoms with Crippen molar-refractivity contribution in [3.05, 3.63) is 29.6 Å². The van der Waals surface area contributed by atoms with E-state index in [-0.39, 0.29) is 13.2 Å². The molecule has 20 heavy (non-hydrogen) atoms. The van der Waals surface area contributed by atoms with Crippen LogP contribution in [0.25, 0.3) is 11.0 Å². The van der Waals surface area contributed by atoms with Crippen LogP contribution >= 0.6 is 0 Å². The number of aliphatic carboxylic acids is 1. The zero-order valence-corrected chi connectivity index (χ0v) is 11.7. The average molecular weight is 277 g/mol. The number of hydrogen-bond donors (Lipinski definition) is 2. The Morgan fingerprint density at radius 2 is 2.20 bits per heavy atom. The van der Waals surface area contributed by atoms with E-state index in [1.165, 1.54) is 0 Å². The number of benzene rings is 1. The fraction of sp³-hybridized carbons (Fsp3) is 0.429. The van der Waals surface area contributed by atoms with Crippen molar-refractivity contribution >= 4 is 17.0 Å². The third kappa shape index (κ3) is 3.15. The number of fused-ring (bicyclic) bond motifs is 1. The minimum Gasteiger partial charge on any atom is -0.480 e. The standard InChI is InChI=1S/C14H19N3O3/c1-10-3-4-12-11(7-10)15-13(17(12)5-6-18)8-16(2)9-14(19)20/h3-4,7,18H,5-6,8-9H2,1-2H3,(H,19,20). The first kappa shape index (κ1) is 14.5. The summed E-state index contributed by atoms with van der Waals surface area (Å²) in [5, 5.41) is 18.0. The van der Waals surface area contributed by atoms with Gasteiger partial charge < -0.3 is 14.8 Å². The van der Waals surface area contributed by atoms with Crippen molar-refractivity contribution in [3.8, 4) is 0 Å². The van der Waals surface area contributed by atoms with Crippen molar-refractivity contribution in [2.24, 2.45) is 0 Å². The van der Waals surface area contributed by atoms with E-state index in [1.807, 2.05) is 29.7 Å². The second-order valence-corrected chi connectivity index (χ2v) is 4.96. The Labute approximate surface area is 117 Å². The van der Waals surface area contributed by atoms with Gasteiger partial charge in [0.1, 0.15) is 5.82 Å². The number of imidazole rings is 1. The van der Waals surface area contributed by atoms with Crippen molar-refractivity contribution < 1.29 is 15.0 Å². The molecule has 0 atom stereocenters. The average Bonchev–Trinajstić information content (AvgIpc) is 2.66. The summed E-state index contributed by atoms with van der Waals surface area (Å²) in [7, 11) is 1.74. The van der Waals surface area contributed by atoms with Crippen molar-refractivity contribution in [2.45, 2.75) is 20.0 Å². The number of aliphatic hydroxyl groups excluding tert-OH is 1. The topological polar surface area (TPSA) is 78.6 Å². The van der Waals surface area contributed by atoms with E-state index in [4.69, 9.17) is 5.11 Å². The molecule has 0 bridgehead atoms. The van der Waals surface area contributed by atoms with Gasteiger partial charge in [0.25, 0.3) is 0 Å². The highest BCUT2D eigenvalue weighted by Gasteiger charge is 2.13. The van der Waals surface area contributed by atoms with Crippen LogP contribution in [-0.2, 0) is 17.9 Å². The van der Waals surface area contributed by atoms with Gasteiger partial charge in [-0.25, -0.2) is 4.98 Å². The lowest BCUT2D eigenvalue weighted by Crippen LogP contribution is -2.26. The van der Waals surface area contributed by atoms with E-state index in [2.05, 4.69) is 4.98 Å². The highest BCUT2D eigenvalue weighted by molar-refractivity contribution is 5.77. The van der Waals surface area contributed by atoms with Crippen LogP contribution < -0.4 is 0 Å². The van der Waals surface area contributed by atoms with E-state index >= 15 is 0 Å². The number of carboxylic acid groups (broad SMARTS) is 1. The normalized spacial score (nSPS) is 11.4. The number of rotatable bonds is 6. The fourth-order valence-electron chi connectivity index (χ4n) is 2.29. The third-order valence-corrected chi connectivity index (χ3v) is 3.12. The Morgan fingerprint density at radius 3 is 2.85 bits per heavy atom. The van der Waals surface area contributed by atoms with Gasteiger partial charge in [0.15, 0.2) is 0 Å². The number of likely N-dealkylation sites (N-methyl/N-ethyl adjacent to an activating group) is 1. The quantitative estimate of drug-likeness (QED) is 0.818. The van der Waals surface area contributed by atoms with Crippen molar-refractivity contribution in [1.29, 1.82) is 0 Å². The zero-order valence-electron chi connectivity index (χ0n) is 11.7. The Balaban J connectivity index is 2.35. The molecule has 0 aliphatic heterocycles. The van der Waals surface area contributed by atoms with Crippen LogP contribution in [0, 0.1) is 6.92 Å². The molecule has 0 spiro atoms. The second kappa shape index (κ2) is 6.02. The van der Waals surface area contributed by atoms with Gasteiger partial charge in [-0.3, -0.25) is 9.69 Å². The predicted octanol–water partition coefficient (Wildman–Crippen LogP) is 0.853. The first-order chi connectivity index (χ1) is 9.51. The van der Waals surface area contributed by atoms with Gasteiger partial charge in [-0.1, -0.05) is 6.07 Å². The van der Waals surface area contributed by atoms with Crippen LogP contribution in [0.15, 0.2) is 18.2 Å². The molecule has 6 heteroatoms. The number of aromatic nitrogens is 2. The molecular weight excluding hydrogens is 258 g/mol. The molecule has 0 aliphatic carbocycles. The zero-order chi connectivity index (χ0) is 14.7. The third-order valence-electron chi connectivity index (χ3n) is 3.12. The Bertz CT molecular complexity index is 621.